The Bertz CT molecular complexity index is 979. The summed E-state index contributed by atoms with van der Waals surface area (Å²) < 4.78 is 11.5. The highest BCUT2D eigenvalue weighted by molar-refractivity contribution is 5.98. The molecule has 0 atom stereocenters. The van der Waals surface area contributed by atoms with Crippen molar-refractivity contribution in [2.75, 3.05) is 0 Å². The van der Waals surface area contributed by atoms with Crippen LogP contribution in [0.2, 0.25) is 0 Å². The lowest BCUT2D eigenvalue weighted by Crippen LogP contribution is -2.27. The van der Waals surface area contributed by atoms with Gasteiger partial charge in [0.1, 0.15) is 16.9 Å². The van der Waals surface area contributed by atoms with E-state index in [0.717, 1.165) is 27.8 Å². The Labute approximate surface area is 133 Å². The first-order valence-electron chi connectivity index (χ1n) is 7.58. The van der Waals surface area contributed by atoms with Crippen molar-refractivity contribution in [3.63, 3.8) is 0 Å². The molecule has 2 heterocycles. The fraction of sp³-hybridized carbons (Fsp3) is 0.150. The standard InChI is InChI=1S/C20H16O3/c1-20(2)11-10-15-17(23-20)9-8-14-16(12-18(21)22-19(14)15)13-6-4-3-5-7-13/h3-12H,1-2H3. The van der Waals surface area contributed by atoms with Crippen LogP contribution in [0.5, 0.6) is 5.75 Å². The van der Waals surface area contributed by atoms with Crippen LogP contribution in [0, 0.1) is 0 Å². The van der Waals surface area contributed by atoms with Crippen molar-refractivity contribution in [3.05, 3.63) is 70.6 Å². The third-order valence-electron chi connectivity index (χ3n) is 4.02. The van der Waals surface area contributed by atoms with E-state index in [-0.39, 0.29) is 11.2 Å². The van der Waals surface area contributed by atoms with Crippen LogP contribution in [0.25, 0.3) is 28.2 Å². The molecule has 3 aromatic rings. The summed E-state index contributed by atoms with van der Waals surface area (Å²) >= 11 is 0. The normalized spacial score (nSPS) is 15.2. The molecule has 0 fully saturated rings. The van der Waals surface area contributed by atoms with E-state index in [1.165, 1.54) is 0 Å². The lowest BCUT2D eigenvalue weighted by Gasteiger charge is -2.28. The van der Waals surface area contributed by atoms with E-state index < -0.39 is 0 Å². The Balaban J connectivity index is 2.04. The molecule has 0 spiro atoms. The van der Waals surface area contributed by atoms with Gasteiger partial charge in [0.2, 0.25) is 0 Å². The van der Waals surface area contributed by atoms with Gasteiger partial charge in [-0.3, -0.25) is 0 Å². The molecule has 23 heavy (non-hydrogen) atoms. The maximum atomic E-state index is 12.1. The minimum absolute atomic E-state index is 0.358. The molecule has 3 heteroatoms. The maximum absolute atomic E-state index is 12.1. The van der Waals surface area contributed by atoms with Gasteiger partial charge in [0.05, 0.1) is 5.56 Å². The van der Waals surface area contributed by atoms with Gasteiger partial charge in [-0.05, 0) is 49.3 Å². The van der Waals surface area contributed by atoms with E-state index >= 15 is 0 Å². The molecule has 114 valence electrons. The summed E-state index contributed by atoms with van der Waals surface area (Å²) in [5, 5.41) is 0.905. The van der Waals surface area contributed by atoms with Crippen LogP contribution < -0.4 is 10.4 Å². The lowest BCUT2D eigenvalue weighted by atomic mass is 9.97. The van der Waals surface area contributed by atoms with E-state index in [1.807, 2.05) is 68.5 Å². The van der Waals surface area contributed by atoms with Gasteiger partial charge >= 0.3 is 5.63 Å². The quantitative estimate of drug-likeness (QED) is 0.615. The van der Waals surface area contributed by atoms with Crippen molar-refractivity contribution in [2.24, 2.45) is 0 Å². The minimum Gasteiger partial charge on any atom is -0.483 e. The number of hydrogen-bond donors (Lipinski definition) is 0. The van der Waals surface area contributed by atoms with Crippen molar-refractivity contribution in [2.45, 2.75) is 19.4 Å². The van der Waals surface area contributed by atoms with Gasteiger partial charge in [0, 0.05) is 11.5 Å². The molecule has 0 radical (unpaired) electrons. The van der Waals surface area contributed by atoms with E-state index in [1.54, 1.807) is 6.07 Å². The Kier molecular flexibility index (Phi) is 2.91. The van der Waals surface area contributed by atoms with Crippen LogP contribution in [0.3, 0.4) is 0 Å². The summed E-state index contributed by atoms with van der Waals surface area (Å²) in [5.74, 6) is 0.735. The summed E-state index contributed by atoms with van der Waals surface area (Å²) in [6.07, 6.45) is 3.95. The zero-order valence-corrected chi connectivity index (χ0v) is 13.0. The molecule has 4 rings (SSSR count). The van der Waals surface area contributed by atoms with Crippen molar-refractivity contribution < 1.29 is 9.15 Å². The molecule has 1 aliphatic rings. The molecule has 0 unspecified atom stereocenters. The number of fused-ring (bicyclic) bond motifs is 3. The van der Waals surface area contributed by atoms with Crippen LogP contribution in [-0.2, 0) is 0 Å². The molecule has 2 aromatic carbocycles. The van der Waals surface area contributed by atoms with Crippen LogP contribution in [0.1, 0.15) is 19.4 Å². The molecule has 0 saturated carbocycles. The highest BCUT2D eigenvalue weighted by Gasteiger charge is 2.24. The van der Waals surface area contributed by atoms with Crippen molar-refractivity contribution in [1.29, 1.82) is 0 Å². The van der Waals surface area contributed by atoms with Crippen LogP contribution in [0.4, 0.5) is 0 Å². The highest BCUT2D eigenvalue weighted by atomic mass is 16.5. The second-order valence-corrected chi connectivity index (χ2v) is 6.24. The van der Waals surface area contributed by atoms with Crippen LogP contribution in [0.15, 0.2) is 63.8 Å². The summed E-state index contributed by atoms with van der Waals surface area (Å²) in [6.45, 7) is 3.99. The molecule has 1 aromatic heterocycles. The molecule has 1 aliphatic heterocycles. The molecular weight excluding hydrogens is 288 g/mol. The van der Waals surface area contributed by atoms with Gasteiger partial charge in [-0.15, -0.1) is 0 Å². The lowest BCUT2D eigenvalue weighted by molar-refractivity contribution is 0.159. The molecule has 0 amide bonds. The predicted molar refractivity (Wildman–Crippen MR) is 91.7 cm³/mol. The molecule has 0 N–H and O–H groups in total. The first-order valence-corrected chi connectivity index (χ1v) is 7.58. The number of ether oxygens (including phenoxy) is 1. The summed E-state index contributed by atoms with van der Waals surface area (Å²) in [4.78, 5) is 12.1. The monoisotopic (exact) mass is 304 g/mol. The van der Waals surface area contributed by atoms with Gasteiger partial charge in [-0.1, -0.05) is 30.3 Å². The van der Waals surface area contributed by atoms with Crippen molar-refractivity contribution >= 4 is 17.0 Å². The summed E-state index contributed by atoms with van der Waals surface area (Å²) in [5.41, 5.74) is 2.53. The fourth-order valence-electron chi connectivity index (χ4n) is 2.93. The Morgan fingerprint density at radius 3 is 2.57 bits per heavy atom. The van der Waals surface area contributed by atoms with Gasteiger partial charge in [-0.2, -0.15) is 0 Å². The number of hydrogen-bond acceptors (Lipinski definition) is 3. The fourth-order valence-corrected chi connectivity index (χ4v) is 2.93. The smallest absolute Gasteiger partial charge is 0.336 e. The SMILES string of the molecule is CC1(C)C=Cc2c(ccc3c(-c4ccccc4)cc(=O)oc23)O1. The largest absolute Gasteiger partial charge is 0.483 e. The second-order valence-electron chi connectivity index (χ2n) is 6.24. The number of benzene rings is 2. The third-order valence-corrected chi connectivity index (χ3v) is 4.02. The molecule has 0 aliphatic carbocycles. The molecular formula is C20H16O3. The minimum atomic E-state index is -0.363. The van der Waals surface area contributed by atoms with E-state index in [0.29, 0.717) is 5.58 Å². The van der Waals surface area contributed by atoms with E-state index in [9.17, 15) is 4.79 Å². The molecule has 0 bridgehead atoms. The Morgan fingerprint density at radius 2 is 1.78 bits per heavy atom. The molecule has 3 nitrogen and oxygen atoms in total. The summed E-state index contributed by atoms with van der Waals surface area (Å²) in [6, 6.07) is 15.3. The van der Waals surface area contributed by atoms with Gasteiger partial charge < -0.3 is 9.15 Å². The Hall–Kier alpha value is -2.81. The van der Waals surface area contributed by atoms with Crippen LogP contribution >= 0.6 is 0 Å². The van der Waals surface area contributed by atoms with Crippen LogP contribution in [-0.4, -0.2) is 5.60 Å². The first kappa shape index (κ1) is 13.8. The predicted octanol–water partition coefficient (Wildman–Crippen LogP) is 4.64. The van der Waals surface area contributed by atoms with Gasteiger partial charge in [0.15, 0.2) is 0 Å². The highest BCUT2D eigenvalue weighted by Crippen LogP contribution is 2.38. The molecule has 0 saturated heterocycles. The zero-order valence-electron chi connectivity index (χ0n) is 13.0. The third kappa shape index (κ3) is 2.34. The summed E-state index contributed by atoms with van der Waals surface area (Å²) in [7, 11) is 0. The second kappa shape index (κ2) is 4.85. The first-order chi connectivity index (χ1) is 11.0. The average Bonchev–Trinajstić information content (AvgIpc) is 2.53. The Morgan fingerprint density at radius 1 is 1.00 bits per heavy atom. The maximum Gasteiger partial charge on any atom is 0.336 e. The van der Waals surface area contributed by atoms with E-state index in [4.69, 9.17) is 9.15 Å². The topological polar surface area (TPSA) is 39.4 Å². The van der Waals surface area contributed by atoms with Gasteiger partial charge in [0.25, 0.3) is 0 Å². The average molecular weight is 304 g/mol. The van der Waals surface area contributed by atoms with Crippen molar-refractivity contribution in [3.8, 4) is 16.9 Å². The number of rotatable bonds is 1. The van der Waals surface area contributed by atoms with Gasteiger partial charge in [-0.25, -0.2) is 4.79 Å². The van der Waals surface area contributed by atoms with E-state index in [2.05, 4.69) is 0 Å². The zero-order chi connectivity index (χ0) is 16.0. The van der Waals surface area contributed by atoms with Crippen molar-refractivity contribution in [1.82, 2.24) is 0 Å².